The van der Waals surface area contributed by atoms with E-state index in [1.807, 2.05) is 12.1 Å². The van der Waals surface area contributed by atoms with Crippen LogP contribution >= 0.6 is 0 Å². The first-order chi connectivity index (χ1) is 26.2. The van der Waals surface area contributed by atoms with E-state index in [2.05, 4.69) is 181 Å². The van der Waals surface area contributed by atoms with Gasteiger partial charge < -0.3 is 13.7 Å². The number of benzene rings is 9. The molecule has 3 heteroatoms. The minimum absolute atomic E-state index is 0.857. The molecule has 0 radical (unpaired) electrons. The minimum atomic E-state index is 0.857. The molecule has 0 aliphatic carbocycles. The average Bonchev–Trinajstić information content (AvgIpc) is 3.80. The van der Waals surface area contributed by atoms with Crippen LogP contribution in [0.1, 0.15) is 0 Å². The van der Waals surface area contributed by atoms with E-state index in [-0.39, 0.29) is 0 Å². The van der Waals surface area contributed by atoms with Crippen LogP contribution in [0.15, 0.2) is 197 Å². The maximum absolute atomic E-state index is 6.68. The Labute approximate surface area is 305 Å². The molecule has 0 N–H and O–H groups in total. The lowest BCUT2D eigenvalue weighted by Crippen LogP contribution is -2.10. The van der Waals surface area contributed by atoms with E-state index in [1.165, 1.54) is 16.3 Å². The van der Waals surface area contributed by atoms with Crippen molar-refractivity contribution in [3.8, 4) is 22.3 Å². The van der Waals surface area contributed by atoms with Crippen LogP contribution in [0.25, 0.3) is 87.7 Å². The number of hydrogen-bond acceptors (Lipinski definition) is 3. The largest absolute Gasteiger partial charge is 0.456 e. The van der Waals surface area contributed by atoms with Crippen molar-refractivity contribution in [2.24, 2.45) is 0 Å². The van der Waals surface area contributed by atoms with Gasteiger partial charge in [0.15, 0.2) is 0 Å². The maximum Gasteiger partial charge on any atom is 0.143 e. The molecule has 11 aromatic rings. The summed E-state index contributed by atoms with van der Waals surface area (Å²) in [5.41, 5.74) is 11.2. The van der Waals surface area contributed by atoms with Crippen LogP contribution in [-0.2, 0) is 0 Å². The first kappa shape index (κ1) is 29.6. The van der Waals surface area contributed by atoms with Gasteiger partial charge in [0.2, 0.25) is 0 Å². The van der Waals surface area contributed by atoms with E-state index in [1.54, 1.807) is 0 Å². The number of nitrogens with zero attached hydrogens (tertiary/aromatic N) is 1. The molecule has 0 spiro atoms. The van der Waals surface area contributed by atoms with Gasteiger partial charge in [0.1, 0.15) is 22.3 Å². The summed E-state index contributed by atoms with van der Waals surface area (Å²) in [5.74, 6) is 0. The molecule has 0 unspecified atom stereocenters. The van der Waals surface area contributed by atoms with Gasteiger partial charge in [-0.05, 0) is 105 Å². The standard InChI is InChI=1S/C50H31NO2/c1-2-12-34-28-37(23-22-32(34)10-1)35-13-7-15-39(29-35)51(45-19-9-21-47-49(45)44-27-24-33-11-3-4-17-41(33)50(44)53-47)40-16-8-14-36(30-40)38-25-26-43-42-18-5-6-20-46(42)52-48(43)31-38/h1-31H. The van der Waals surface area contributed by atoms with E-state index < -0.39 is 0 Å². The fraction of sp³-hybridized carbons (Fsp3) is 0. The Morgan fingerprint density at radius 1 is 0.321 bits per heavy atom. The van der Waals surface area contributed by atoms with Crippen LogP contribution in [0.4, 0.5) is 17.1 Å². The number of fused-ring (bicyclic) bond motifs is 9. The van der Waals surface area contributed by atoms with Gasteiger partial charge >= 0.3 is 0 Å². The highest BCUT2D eigenvalue weighted by Crippen LogP contribution is 2.45. The third kappa shape index (κ3) is 4.82. The van der Waals surface area contributed by atoms with Gasteiger partial charge in [-0.15, -0.1) is 0 Å². The molecule has 0 amide bonds. The summed E-state index contributed by atoms with van der Waals surface area (Å²) in [4.78, 5) is 2.38. The zero-order valence-electron chi connectivity index (χ0n) is 28.7. The summed E-state index contributed by atoms with van der Waals surface area (Å²) in [7, 11) is 0. The lowest BCUT2D eigenvalue weighted by Gasteiger charge is -2.27. The van der Waals surface area contributed by atoms with Crippen molar-refractivity contribution in [1.29, 1.82) is 0 Å². The van der Waals surface area contributed by atoms with Gasteiger partial charge in [0.25, 0.3) is 0 Å². The van der Waals surface area contributed by atoms with Crippen LogP contribution in [0.2, 0.25) is 0 Å². The van der Waals surface area contributed by atoms with E-state index in [0.717, 1.165) is 88.4 Å². The minimum Gasteiger partial charge on any atom is -0.456 e. The Morgan fingerprint density at radius 3 is 1.74 bits per heavy atom. The topological polar surface area (TPSA) is 29.5 Å². The summed E-state index contributed by atoms with van der Waals surface area (Å²) >= 11 is 0. The summed E-state index contributed by atoms with van der Waals surface area (Å²) < 4.78 is 13.0. The molecule has 0 atom stereocenters. The van der Waals surface area contributed by atoms with Gasteiger partial charge in [-0.25, -0.2) is 0 Å². The summed E-state index contributed by atoms with van der Waals surface area (Å²) in [6.07, 6.45) is 0. The number of para-hydroxylation sites is 1. The molecule has 53 heavy (non-hydrogen) atoms. The molecular formula is C50H31NO2. The molecule has 9 aromatic carbocycles. The first-order valence-electron chi connectivity index (χ1n) is 18.0. The number of anilines is 3. The van der Waals surface area contributed by atoms with E-state index in [0.29, 0.717) is 0 Å². The molecule has 0 aliphatic heterocycles. The molecule has 0 saturated heterocycles. The zero-order chi connectivity index (χ0) is 34.9. The lowest BCUT2D eigenvalue weighted by atomic mass is 9.99. The van der Waals surface area contributed by atoms with E-state index in [4.69, 9.17) is 8.83 Å². The van der Waals surface area contributed by atoms with Gasteiger partial charge in [0.05, 0.1) is 11.1 Å². The number of rotatable bonds is 5. The van der Waals surface area contributed by atoms with Crippen molar-refractivity contribution in [2.45, 2.75) is 0 Å². The van der Waals surface area contributed by atoms with Crippen molar-refractivity contribution in [3.63, 3.8) is 0 Å². The molecule has 248 valence electrons. The SMILES string of the molecule is c1cc(-c2ccc3ccccc3c2)cc(N(c2cccc(-c3ccc4c(c3)oc3ccccc34)c2)c2cccc3oc4c5ccccc5ccc4c23)c1. The molecule has 2 aromatic heterocycles. The number of furan rings is 2. The average molecular weight is 678 g/mol. The highest BCUT2D eigenvalue weighted by atomic mass is 16.3. The van der Waals surface area contributed by atoms with Crippen LogP contribution in [-0.4, -0.2) is 0 Å². The first-order valence-corrected chi connectivity index (χ1v) is 18.0. The van der Waals surface area contributed by atoms with E-state index in [9.17, 15) is 0 Å². The van der Waals surface area contributed by atoms with Crippen molar-refractivity contribution < 1.29 is 8.83 Å². The van der Waals surface area contributed by atoms with Crippen molar-refractivity contribution >= 4 is 82.5 Å². The van der Waals surface area contributed by atoms with Crippen LogP contribution in [0, 0.1) is 0 Å². The Hall–Kier alpha value is -7.10. The van der Waals surface area contributed by atoms with Gasteiger partial charge in [-0.2, -0.15) is 0 Å². The Balaban J connectivity index is 1.12. The predicted molar refractivity (Wildman–Crippen MR) is 222 cm³/mol. The molecule has 0 fully saturated rings. The molecule has 11 rings (SSSR count). The maximum atomic E-state index is 6.68. The second kappa shape index (κ2) is 11.7. The lowest BCUT2D eigenvalue weighted by molar-refractivity contribution is 0.669. The molecule has 0 aliphatic rings. The molecule has 3 nitrogen and oxygen atoms in total. The summed E-state index contributed by atoms with van der Waals surface area (Å²) in [6, 6.07) is 66.9. The Kier molecular flexibility index (Phi) is 6.55. The van der Waals surface area contributed by atoms with Crippen molar-refractivity contribution in [1.82, 2.24) is 0 Å². The quantitative estimate of drug-likeness (QED) is 0.182. The monoisotopic (exact) mass is 677 g/mol. The number of hydrogen-bond donors (Lipinski definition) is 0. The highest BCUT2D eigenvalue weighted by Gasteiger charge is 2.21. The second-order valence-electron chi connectivity index (χ2n) is 13.7. The summed E-state index contributed by atoms with van der Waals surface area (Å²) in [5, 5.41) is 9.16. The molecule has 0 saturated carbocycles. The zero-order valence-corrected chi connectivity index (χ0v) is 28.7. The highest BCUT2D eigenvalue weighted by molar-refractivity contribution is 6.19. The van der Waals surface area contributed by atoms with Crippen LogP contribution < -0.4 is 4.90 Å². The van der Waals surface area contributed by atoms with Gasteiger partial charge in [-0.3, -0.25) is 0 Å². The van der Waals surface area contributed by atoms with E-state index >= 15 is 0 Å². The summed E-state index contributed by atoms with van der Waals surface area (Å²) in [6.45, 7) is 0. The Bertz CT molecular complexity index is 3200. The van der Waals surface area contributed by atoms with Crippen molar-refractivity contribution in [2.75, 3.05) is 4.90 Å². The van der Waals surface area contributed by atoms with Crippen molar-refractivity contribution in [3.05, 3.63) is 188 Å². The van der Waals surface area contributed by atoms with Crippen LogP contribution in [0.3, 0.4) is 0 Å². The fourth-order valence-corrected chi connectivity index (χ4v) is 8.07. The smallest absolute Gasteiger partial charge is 0.143 e. The molecule has 0 bridgehead atoms. The third-order valence-electron chi connectivity index (χ3n) is 10.6. The van der Waals surface area contributed by atoms with Gasteiger partial charge in [0, 0.05) is 32.9 Å². The molecular weight excluding hydrogens is 647 g/mol. The van der Waals surface area contributed by atoms with Crippen LogP contribution in [0.5, 0.6) is 0 Å². The fourth-order valence-electron chi connectivity index (χ4n) is 8.07. The van der Waals surface area contributed by atoms with Gasteiger partial charge in [-0.1, -0.05) is 121 Å². The molecule has 2 heterocycles. The Morgan fingerprint density at radius 2 is 0.906 bits per heavy atom. The normalized spacial score (nSPS) is 11.8. The predicted octanol–water partition coefficient (Wildman–Crippen LogP) is 14.6. The second-order valence-corrected chi connectivity index (χ2v) is 13.7. The third-order valence-corrected chi connectivity index (χ3v) is 10.6.